The van der Waals surface area contributed by atoms with Crippen molar-refractivity contribution in [3.05, 3.63) is 36.5 Å². The normalized spacial score (nSPS) is 12.7. The van der Waals surface area contributed by atoms with E-state index in [1.54, 1.807) is 0 Å². The van der Waals surface area contributed by atoms with Crippen LogP contribution in [0.3, 0.4) is 0 Å². The number of fused-ring (bicyclic) bond motifs is 1. The summed E-state index contributed by atoms with van der Waals surface area (Å²) in [6, 6.07) is 4.11. The highest BCUT2D eigenvalue weighted by Gasteiger charge is 2.25. The standard InChI is InChI=1S/C9H10NO/c1-2-5-10-6-3-4-8-7-11-9(8)10/h2-4,6H,1,5,7H2/q+1. The van der Waals surface area contributed by atoms with Gasteiger partial charge in [-0.3, -0.25) is 0 Å². The van der Waals surface area contributed by atoms with E-state index in [1.165, 1.54) is 5.56 Å². The molecule has 0 spiro atoms. The number of allylic oxidation sites excluding steroid dienone is 1. The molecule has 0 bridgehead atoms. The van der Waals surface area contributed by atoms with Crippen molar-refractivity contribution in [2.24, 2.45) is 0 Å². The van der Waals surface area contributed by atoms with Crippen molar-refractivity contribution in [2.45, 2.75) is 13.2 Å². The lowest BCUT2D eigenvalue weighted by molar-refractivity contribution is -0.696. The summed E-state index contributed by atoms with van der Waals surface area (Å²) >= 11 is 0. The van der Waals surface area contributed by atoms with E-state index in [4.69, 9.17) is 4.74 Å². The number of hydrogen-bond acceptors (Lipinski definition) is 1. The second kappa shape index (κ2) is 2.38. The van der Waals surface area contributed by atoms with Crippen LogP contribution >= 0.6 is 0 Å². The van der Waals surface area contributed by atoms with E-state index in [-0.39, 0.29) is 0 Å². The molecule has 2 nitrogen and oxygen atoms in total. The van der Waals surface area contributed by atoms with Crippen molar-refractivity contribution in [1.29, 1.82) is 0 Å². The molecule has 11 heavy (non-hydrogen) atoms. The van der Waals surface area contributed by atoms with Gasteiger partial charge in [0, 0.05) is 6.07 Å². The van der Waals surface area contributed by atoms with Gasteiger partial charge in [-0.25, -0.2) is 0 Å². The number of hydrogen-bond donors (Lipinski definition) is 0. The highest BCUT2D eigenvalue weighted by molar-refractivity contribution is 5.26. The second-order valence-corrected chi connectivity index (χ2v) is 2.57. The van der Waals surface area contributed by atoms with Crippen LogP contribution in [0.5, 0.6) is 5.88 Å². The van der Waals surface area contributed by atoms with Gasteiger partial charge in [-0.1, -0.05) is 6.58 Å². The van der Waals surface area contributed by atoms with Crippen LogP contribution in [0.1, 0.15) is 5.56 Å². The Balaban J connectivity index is 2.40. The summed E-state index contributed by atoms with van der Waals surface area (Å²) < 4.78 is 7.32. The zero-order valence-electron chi connectivity index (χ0n) is 6.29. The number of nitrogens with zero attached hydrogens (tertiary/aromatic N) is 1. The van der Waals surface area contributed by atoms with E-state index in [1.807, 2.05) is 22.9 Å². The molecule has 0 N–H and O–H groups in total. The maximum atomic E-state index is 5.28. The van der Waals surface area contributed by atoms with Gasteiger partial charge in [0.05, 0.1) is 0 Å². The molecule has 1 aromatic heterocycles. The Morgan fingerprint density at radius 3 is 3.27 bits per heavy atom. The van der Waals surface area contributed by atoms with Crippen molar-refractivity contribution in [3.63, 3.8) is 0 Å². The highest BCUT2D eigenvalue weighted by Crippen LogP contribution is 2.22. The van der Waals surface area contributed by atoms with Gasteiger partial charge in [-0.05, 0) is 12.1 Å². The van der Waals surface area contributed by atoms with Crippen LogP contribution in [0.2, 0.25) is 0 Å². The van der Waals surface area contributed by atoms with Gasteiger partial charge in [-0.2, -0.15) is 4.57 Å². The highest BCUT2D eigenvalue weighted by atomic mass is 16.5. The summed E-state index contributed by atoms with van der Waals surface area (Å²) in [5.41, 5.74) is 1.29. The quantitative estimate of drug-likeness (QED) is 0.451. The van der Waals surface area contributed by atoms with Gasteiger partial charge in [0.2, 0.25) is 0 Å². The molecule has 0 radical (unpaired) electrons. The van der Waals surface area contributed by atoms with E-state index in [9.17, 15) is 0 Å². The van der Waals surface area contributed by atoms with Crippen LogP contribution in [-0.4, -0.2) is 0 Å². The van der Waals surface area contributed by atoms with E-state index in [0.717, 1.165) is 19.0 Å². The zero-order valence-corrected chi connectivity index (χ0v) is 6.29. The van der Waals surface area contributed by atoms with Crippen molar-refractivity contribution in [2.75, 3.05) is 0 Å². The Hall–Kier alpha value is -1.31. The average molecular weight is 148 g/mol. The molecule has 2 rings (SSSR count). The lowest BCUT2D eigenvalue weighted by Crippen LogP contribution is -2.39. The Morgan fingerprint density at radius 2 is 2.64 bits per heavy atom. The third-order valence-corrected chi connectivity index (χ3v) is 1.79. The molecule has 0 atom stereocenters. The predicted octanol–water partition coefficient (Wildman–Crippen LogP) is 1.05. The van der Waals surface area contributed by atoms with Gasteiger partial charge in [0.1, 0.15) is 12.2 Å². The minimum absolute atomic E-state index is 0.757. The number of pyridine rings is 1. The number of aromatic nitrogens is 1. The van der Waals surface area contributed by atoms with Crippen molar-refractivity contribution in [3.8, 4) is 5.88 Å². The van der Waals surface area contributed by atoms with E-state index < -0.39 is 0 Å². The SMILES string of the molecule is C=CC[n+]1cccc2c1OC2. The predicted molar refractivity (Wildman–Crippen MR) is 41.2 cm³/mol. The van der Waals surface area contributed by atoms with Gasteiger partial charge >= 0.3 is 5.88 Å². The van der Waals surface area contributed by atoms with E-state index in [0.29, 0.717) is 0 Å². The molecule has 56 valence electrons. The minimum Gasteiger partial charge on any atom is -0.439 e. The largest absolute Gasteiger partial charge is 0.439 e. The first-order chi connectivity index (χ1) is 5.42. The molecule has 0 fully saturated rings. The van der Waals surface area contributed by atoms with Gasteiger partial charge in [0.15, 0.2) is 12.7 Å². The first-order valence-corrected chi connectivity index (χ1v) is 3.67. The fourth-order valence-electron chi connectivity index (χ4n) is 1.22. The van der Waals surface area contributed by atoms with Gasteiger partial charge < -0.3 is 4.74 Å². The molecule has 0 unspecified atom stereocenters. The maximum Gasteiger partial charge on any atom is 0.375 e. The Morgan fingerprint density at radius 1 is 1.73 bits per heavy atom. The lowest BCUT2D eigenvalue weighted by Gasteiger charge is -2.15. The Labute approximate surface area is 65.7 Å². The molecule has 0 saturated heterocycles. The minimum atomic E-state index is 0.757. The fourth-order valence-corrected chi connectivity index (χ4v) is 1.22. The summed E-state index contributed by atoms with van der Waals surface area (Å²) in [4.78, 5) is 0. The first-order valence-electron chi connectivity index (χ1n) is 3.67. The van der Waals surface area contributed by atoms with Crippen LogP contribution in [0.4, 0.5) is 0 Å². The summed E-state index contributed by atoms with van der Waals surface area (Å²) in [6.07, 6.45) is 3.86. The summed E-state index contributed by atoms with van der Waals surface area (Å²) in [7, 11) is 0. The van der Waals surface area contributed by atoms with E-state index in [2.05, 4.69) is 12.6 Å². The number of rotatable bonds is 2. The van der Waals surface area contributed by atoms with E-state index >= 15 is 0 Å². The molecule has 2 heterocycles. The summed E-state index contributed by atoms with van der Waals surface area (Å²) in [6.45, 7) is 5.25. The van der Waals surface area contributed by atoms with Crippen LogP contribution in [0, 0.1) is 0 Å². The molecule has 0 aliphatic carbocycles. The van der Waals surface area contributed by atoms with Crippen molar-refractivity contribution < 1.29 is 9.30 Å². The van der Waals surface area contributed by atoms with Crippen LogP contribution in [-0.2, 0) is 13.2 Å². The smallest absolute Gasteiger partial charge is 0.375 e. The molecule has 0 amide bonds. The third kappa shape index (κ3) is 0.909. The number of ether oxygens (including phenoxy) is 1. The Kier molecular flexibility index (Phi) is 1.39. The fraction of sp³-hybridized carbons (Fsp3) is 0.222. The molecule has 1 aliphatic heterocycles. The van der Waals surface area contributed by atoms with Crippen LogP contribution in [0.25, 0.3) is 0 Å². The molecule has 1 aromatic rings. The molecular formula is C9H10NO+. The second-order valence-electron chi connectivity index (χ2n) is 2.57. The zero-order chi connectivity index (χ0) is 7.68. The third-order valence-electron chi connectivity index (χ3n) is 1.79. The van der Waals surface area contributed by atoms with Crippen LogP contribution < -0.4 is 9.30 Å². The Bertz CT molecular complexity index is 294. The molecule has 0 aromatic carbocycles. The van der Waals surface area contributed by atoms with Crippen LogP contribution in [0.15, 0.2) is 31.0 Å². The van der Waals surface area contributed by atoms with Crippen molar-refractivity contribution >= 4 is 0 Å². The average Bonchev–Trinajstić information content (AvgIpc) is 1.94. The monoisotopic (exact) mass is 148 g/mol. The summed E-state index contributed by atoms with van der Waals surface area (Å²) in [5.74, 6) is 0.993. The molecule has 0 saturated carbocycles. The maximum absolute atomic E-state index is 5.28. The van der Waals surface area contributed by atoms with Gasteiger partial charge in [-0.15, -0.1) is 0 Å². The summed E-state index contributed by atoms with van der Waals surface area (Å²) in [5, 5.41) is 0. The first kappa shape index (κ1) is 6.40. The molecule has 2 heteroatoms. The lowest BCUT2D eigenvalue weighted by atomic mass is 10.2. The molecular weight excluding hydrogens is 138 g/mol. The molecule has 1 aliphatic rings. The van der Waals surface area contributed by atoms with Gasteiger partial charge in [0.25, 0.3) is 0 Å². The van der Waals surface area contributed by atoms with Crippen molar-refractivity contribution in [1.82, 2.24) is 0 Å². The topological polar surface area (TPSA) is 13.1 Å².